The van der Waals surface area contributed by atoms with E-state index in [1.165, 1.54) is 0 Å². The number of carboxylic acid groups (broad SMARTS) is 1. The number of allylic oxidation sites excluding steroid dienone is 2. The molecule has 0 radical (unpaired) electrons. The van der Waals surface area contributed by atoms with Crippen molar-refractivity contribution in [3.05, 3.63) is 41.3 Å². The molecule has 1 fully saturated rings. The van der Waals surface area contributed by atoms with Gasteiger partial charge in [0.2, 0.25) is 0 Å². The van der Waals surface area contributed by atoms with Gasteiger partial charge in [-0.25, -0.2) is 0 Å². The van der Waals surface area contributed by atoms with Crippen LogP contribution in [0.2, 0.25) is 0 Å². The third-order valence-corrected chi connectivity index (χ3v) is 6.44. The van der Waals surface area contributed by atoms with Crippen LogP contribution in [0.15, 0.2) is 36.4 Å². The summed E-state index contributed by atoms with van der Waals surface area (Å²) in [6.45, 7) is 0. The van der Waals surface area contributed by atoms with Crippen LogP contribution in [0.5, 0.6) is 5.06 Å². The number of aliphatic hydroxyl groups is 3. The Morgan fingerprint density at radius 2 is 2.10 bits per heavy atom. The van der Waals surface area contributed by atoms with Crippen molar-refractivity contribution in [3.8, 4) is 5.06 Å². The number of rotatable bonds is 12. The minimum absolute atomic E-state index is 0.106. The van der Waals surface area contributed by atoms with Gasteiger partial charge in [0.15, 0.2) is 5.06 Å². The largest absolute Gasteiger partial charge is 0.487 e. The van der Waals surface area contributed by atoms with Gasteiger partial charge in [-0.2, -0.15) is 0 Å². The Bertz CT molecular complexity index is 683. The highest BCUT2D eigenvalue weighted by Gasteiger charge is 2.39. The number of ether oxygens (including phenoxy) is 1. The number of methoxy groups -OCH3 is 1. The van der Waals surface area contributed by atoms with Gasteiger partial charge in [-0.15, -0.1) is 11.3 Å². The summed E-state index contributed by atoms with van der Waals surface area (Å²) in [4.78, 5) is 11.7. The molecule has 0 saturated heterocycles. The van der Waals surface area contributed by atoms with E-state index in [1.54, 1.807) is 24.5 Å². The van der Waals surface area contributed by atoms with E-state index < -0.39 is 24.3 Å². The molecule has 1 aromatic heterocycles. The van der Waals surface area contributed by atoms with Crippen LogP contribution in [-0.2, 0) is 11.2 Å². The minimum atomic E-state index is -0.797. The van der Waals surface area contributed by atoms with Gasteiger partial charge in [-0.3, -0.25) is 4.79 Å². The molecule has 2 rings (SSSR count). The minimum Gasteiger partial charge on any atom is -0.487 e. The van der Waals surface area contributed by atoms with E-state index in [-0.39, 0.29) is 18.3 Å². The number of aryl methyl sites for hydroxylation is 1. The van der Waals surface area contributed by atoms with E-state index in [1.807, 2.05) is 30.4 Å². The second-order valence-corrected chi connectivity index (χ2v) is 8.65. The van der Waals surface area contributed by atoms with Gasteiger partial charge in [-0.1, -0.05) is 24.3 Å². The first kappa shape index (κ1) is 23.6. The zero-order chi connectivity index (χ0) is 21.2. The Morgan fingerprint density at radius 1 is 1.31 bits per heavy atom. The highest BCUT2D eigenvalue weighted by atomic mass is 32.1. The van der Waals surface area contributed by atoms with Gasteiger partial charge in [0.1, 0.15) is 0 Å². The number of carboxylic acids is 1. The molecule has 1 saturated carbocycles. The summed E-state index contributed by atoms with van der Waals surface area (Å²) < 4.78 is 5.17. The van der Waals surface area contributed by atoms with E-state index in [2.05, 4.69) is 0 Å². The Hall–Kier alpha value is -1.67. The molecule has 29 heavy (non-hydrogen) atoms. The predicted molar refractivity (Wildman–Crippen MR) is 113 cm³/mol. The molecule has 0 aliphatic heterocycles. The van der Waals surface area contributed by atoms with Crippen LogP contribution in [-0.4, -0.2) is 51.8 Å². The summed E-state index contributed by atoms with van der Waals surface area (Å²) in [6, 6.07) is 3.91. The Kier molecular flexibility index (Phi) is 9.87. The third-order valence-electron chi connectivity index (χ3n) is 5.33. The molecule has 7 heteroatoms. The molecule has 1 aromatic rings. The first-order chi connectivity index (χ1) is 13.9. The van der Waals surface area contributed by atoms with Crippen molar-refractivity contribution < 1.29 is 30.0 Å². The lowest BCUT2D eigenvalue weighted by Gasteiger charge is -2.19. The van der Waals surface area contributed by atoms with Gasteiger partial charge in [0.25, 0.3) is 0 Å². The summed E-state index contributed by atoms with van der Waals surface area (Å²) in [6.07, 6.45) is 9.33. The van der Waals surface area contributed by atoms with Crippen LogP contribution in [0, 0.1) is 11.8 Å². The van der Waals surface area contributed by atoms with Crippen LogP contribution < -0.4 is 4.74 Å². The van der Waals surface area contributed by atoms with Crippen molar-refractivity contribution in [1.82, 2.24) is 0 Å². The number of aliphatic carboxylic acids is 1. The van der Waals surface area contributed by atoms with Crippen molar-refractivity contribution in [2.24, 2.45) is 11.8 Å². The second-order valence-electron chi connectivity index (χ2n) is 7.52. The molecular formula is C22H32O6S. The third kappa shape index (κ3) is 7.93. The van der Waals surface area contributed by atoms with Crippen molar-refractivity contribution >= 4 is 17.3 Å². The molecule has 162 valence electrons. The average Bonchev–Trinajstić information content (AvgIpc) is 3.25. The summed E-state index contributed by atoms with van der Waals surface area (Å²) in [5, 5.41) is 40.3. The standard InChI is InChI=1S/C22H32O6S/c1-28-22-13-11-16(29-22)10-8-15(23)9-12-18-17(19(24)14-20(18)25)6-4-2-3-5-7-21(26)27/h2,4,9,11-13,15,17-20,23-25H,3,5-8,10,14H2,1H3,(H,26,27)/b4-2+,12-9+. The van der Waals surface area contributed by atoms with Crippen LogP contribution >= 0.6 is 11.3 Å². The van der Waals surface area contributed by atoms with Gasteiger partial charge in [-0.05, 0) is 50.2 Å². The zero-order valence-electron chi connectivity index (χ0n) is 16.8. The van der Waals surface area contributed by atoms with E-state index >= 15 is 0 Å². The van der Waals surface area contributed by atoms with Crippen LogP contribution in [0.1, 0.15) is 43.4 Å². The average molecular weight is 425 g/mol. The monoisotopic (exact) mass is 424 g/mol. The van der Waals surface area contributed by atoms with Crippen molar-refractivity contribution in [1.29, 1.82) is 0 Å². The van der Waals surface area contributed by atoms with Gasteiger partial charge >= 0.3 is 5.97 Å². The van der Waals surface area contributed by atoms with E-state index in [0.717, 1.165) is 16.4 Å². The summed E-state index contributed by atoms with van der Waals surface area (Å²) in [5.41, 5.74) is 0. The van der Waals surface area contributed by atoms with Crippen LogP contribution in [0.4, 0.5) is 0 Å². The Morgan fingerprint density at radius 3 is 2.79 bits per heavy atom. The normalized spacial score (nSPS) is 25.8. The molecule has 0 spiro atoms. The smallest absolute Gasteiger partial charge is 0.303 e. The molecule has 0 amide bonds. The highest BCUT2D eigenvalue weighted by Crippen LogP contribution is 2.36. The molecule has 1 aliphatic rings. The Balaban J connectivity index is 1.81. The fourth-order valence-corrected chi connectivity index (χ4v) is 4.53. The van der Waals surface area contributed by atoms with Crippen molar-refractivity contribution in [2.45, 2.75) is 63.3 Å². The number of aliphatic hydroxyl groups excluding tert-OH is 3. The Labute approximate surface area is 176 Å². The second kappa shape index (κ2) is 12.1. The molecule has 5 unspecified atom stereocenters. The fraction of sp³-hybridized carbons (Fsp3) is 0.591. The van der Waals surface area contributed by atoms with Crippen LogP contribution in [0.3, 0.4) is 0 Å². The highest BCUT2D eigenvalue weighted by molar-refractivity contribution is 7.13. The lowest BCUT2D eigenvalue weighted by molar-refractivity contribution is -0.137. The quantitative estimate of drug-likeness (QED) is 0.303. The predicted octanol–water partition coefficient (Wildman–Crippen LogP) is 3.17. The van der Waals surface area contributed by atoms with E-state index in [4.69, 9.17) is 9.84 Å². The maximum atomic E-state index is 10.5. The molecule has 6 nitrogen and oxygen atoms in total. The number of hydrogen-bond acceptors (Lipinski definition) is 6. The summed E-state index contributed by atoms with van der Waals surface area (Å²) in [5.74, 6) is -1.11. The lowest BCUT2D eigenvalue weighted by atomic mass is 9.89. The molecule has 4 N–H and O–H groups in total. The lowest BCUT2D eigenvalue weighted by Crippen LogP contribution is -2.20. The molecule has 0 bridgehead atoms. The van der Waals surface area contributed by atoms with Crippen molar-refractivity contribution in [2.75, 3.05) is 7.11 Å². The molecular weight excluding hydrogens is 392 g/mol. The maximum absolute atomic E-state index is 10.5. The topological polar surface area (TPSA) is 107 Å². The summed E-state index contributed by atoms with van der Waals surface area (Å²) in [7, 11) is 1.64. The van der Waals surface area contributed by atoms with E-state index in [9.17, 15) is 20.1 Å². The van der Waals surface area contributed by atoms with Crippen LogP contribution in [0.25, 0.3) is 0 Å². The maximum Gasteiger partial charge on any atom is 0.303 e. The first-order valence-electron chi connectivity index (χ1n) is 10.1. The molecule has 5 atom stereocenters. The van der Waals surface area contributed by atoms with Gasteiger partial charge in [0, 0.05) is 23.6 Å². The van der Waals surface area contributed by atoms with Gasteiger partial charge in [0.05, 0.1) is 25.4 Å². The number of carbonyl (C=O) groups is 1. The fourth-order valence-electron chi connectivity index (χ4n) is 3.69. The first-order valence-corrected chi connectivity index (χ1v) is 10.9. The van der Waals surface area contributed by atoms with Crippen molar-refractivity contribution in [3.63, 3.8) is 0 Å². The zero-order valence-corrected chi connectivity index (χ0v) is 17.6. The number of unbranched alkanes of at least 4 members (excludes halogenated alkanes) is 1. The molecule has 0 aromatic carbocycles. The number of thiophene rings is 1. The van der Waals surface area contributed by atoms with Gasteiger partial charge < -0.3 is 25.2 Å². The SMILES string of the molecule is COc1ccc(CCC(O)/C=C/C2C(O)CC(O)C2C/C=C/CCCC(=O)O)s1. The van der Waals surface area contributed by atoms with E-state index in [0.29, 0.717) is 32.1 Å². The number of hydrogen-bond donors (Lipinski definition) is 4. The molecule has 1 heterocycles. The summed E-state index contributed by atoms with van der Waals surface area (Å²) >= 11 is 1.56. The molecule has 1 aliphatic carbocycles.